The van der Waals surface area contributed by atoms with E-state index in [4.69, 9.17) is 0 Å². The maximum absolute atomic E-state index is 2.36. The molecule has 0 radical (unpaired) electrons. The number of rotatable bonds is 4. The zero-order valence-electron chi connectivity index (χ0n) is 14.5. The highest BCUT2D eigenvalue weighted by molar-refractivity contribution is 7.16. The molecule has 0 spiro atoms. The number of aryl methyl sites for hydroxylation is 1. The van der Waals surface area contributed by atoms with Crippen molar-refractivity contribution in [3.63, 3.8) is 0 Å². The molecule has 1 aliphatic rings. The highest BCUT2D eigenvalue weighted by atomic mass is 28.3. The molecule has 3 aromatic carbocycles. The summed E-state index contributed by atoms with van der Waals surface area (Å²) in [6, 6.07) is 31.2. The molecule has 0 unspecified atom stereocenters. The molecule has 1 heteroatoms. The topological polar surface area (TPSA) is 0 Å². The van der Waals surface area contributed by atoms with Crippen LogP contribution in [0.5, 0.6) is 0 Å². The second-order valence-corrected chi connectivity index (χ2v) is 10.5. The van der Waals surface area contributed by atoms with Crippen molar-refractivity contribution in [2.75, 3.05) is 0 Å². The smallest absolute Gasteiger partial charge is 0.0808 e. The van der Waals surface area contributed by atoms with E-state index in [0.29, 0.717) is 0 Å². The zero-order valence-corrected chi connectivity index (χ0v) is 15.5. The minimum absolute atomic E-state index is 1.05. The minimum Gasteiger partial charge on any atom is -0.0808 e. The van der Waals surface area contributed by atoms with E-state index >= 15 is 0 Å². The third-order valence-electron chi connectivity index (χ3n) is 5.22. The van der Waals surface area contributed by atoms with Gasteiger partial charge in [0, 0.05) is 0 Å². The maximum Gasteiger partial charge on any atom is 0.176 e. The molecule has 0 fully saturated rings. The summed E-state index contributed by atoms with van der Waals surface area (Å²) < 4.78 is 0. The van der Waals surface area contributed by atoms with Crippen LogP contribution in [0.1, 0.15) is 12.0 Å². The fraction of sp³-hybridized carbons (Fsp3) is 0.0833. The van der Waals surface area contributed by atoms with Crippen LogP contribution in [0.4, 0.5) is 0 Å². The van der Waals surface area contributed by atoms with Crippen LogP contribution in [0.2, 0.25) is 0 Å². The van der Waals surface area contributed by atoms with Crippen LogP contribution in [0.25, 0.3) is 0 Å². The lowest BCUT2D eigenvalue weighted by molar-refractivity contribution is 1.37. The molecular weight excluding hydrogens is 316 g/mol. The third kappa shape index (κ3) is 2.61. The Bertz CT molecular complexity index is 881. The monoisotopic (exact) mass is 338 g/mol. The predicted octanol–water partition coefficient (Wildman–Crippen LogP) is 3.89. The Kier molecular flexibility index (Phi) is 4.25. The van der Waals surface area contributed by atoms with Gasteiger partial charge in [-0.1, -0.05) is 114 Å². The van der Waals surface area contributed by atoms with Gasteiger partial charge in [0.05, 0.1) is 0 Å². The average molecular weight is 339 g/mol. The second-order valence-electron chi connectivity index (χ2n) is 6.62. The number of hydrogen-bond acceptors (Lipinski definition) is 0. The molecule has 3 aromatic rings. The van der Waals surface area contributed by atoms with Gasteiger partial charge in [0.15, 0.2) is 8.07 Å². The van der Waals surface area contributed by atoms with Crippen LogP contribution in [0, 0.1) is 6.92 Å². The van der Waals surface area contributed by atoms with Crippen LogP contribution >= 0.6 is 0 Å². The minimum atomic E-state index is -2.24. The average Bonchev–Trinajstić information content (AvgIpc) is 3.21. The molecule has 0 aliphatic heterocycles. The molecule has 0 amide bonds. The quantitative estimate of drug-likeness (QED) is 0.500. The van der Waals surface area contributed by atoms with Crippen molar-refractivity contribution < 1.29 is 0 Å². The first-order chi connectivity index (χ1) is 12.3. The van der Waals surface area contributed by atoms with Gasteiger partial charge < -0.3 is 0 Å². The highest BCUT2D eigenvalue weighted by Crippen LogP contribution is 2.25. The predicted molar refractivity (Wildman–Crippen MR) is 111 cm³/mol. The van der Waals surface area contributed by atoms with Crippen LogP contribution in [0.15, 0.2) is 108 Å². The van der Waals surface area contributed by atoms with Crippen LogP contribution in [0.3, 0.4) is 0 Å². The lowest BCUT2D eigenvalue weighted by Gasteiger charge is -2.36. The summed E-state index contributed by atoms with van der Waals surface area (Å²) in [7, 11) is -2.24. The molecule has 0 aromatic heterocycles. The summed E-state index contributed by atoms with van der Waals surface area (Å²) in [5.41, 5.74) is 1.38. The van der Waals surface area contributed by atoms with Gasteiger partial charge in [-0.15, -0.1) is 0 Å². The van der Waals surface area contributed by atoms with Gasteiger partial charge >= 0.3 is 0 Å². The van der Waals surface area contributed by atoms with Crippen LogP contribution in [-0.4, -0.2) is 8.07 Å². The van der Waals surface area contributed by atoms with Gasteiger partial charge in [-0.3, -0.25) is 0 Å². The largest absolute Gasteiger partial charge is 0.176 e. The van der Waals surface area contributed by atoms with E-state index in [0.717, 1.165) is 6.42 Å². The summed E-state index contributed by atoms with van der Waals surface area (Å²) in [5.74, 6) is 0. The second kappa shape index (κ2) is 6.70. The molecule has 0 saturated heterocycles. The first kappa shape index (κ1) is 15.9. The Morgan fingerprint density at radius 2 is 1.24 bits per heavy atom. The van der Waals surface area contributed by atoms with Gasteiger partial charge in [-0.05, 0) is 28.9 Å². The Morgan fingerprint density at radius 1 is 0.680 bits per heavy atom. The van der Waals surface area contributed by atoms with E-state index in [2.05, 4.69) is 110 Å². The normalized spacial score (nSPS) is 13.7. The van der Waals surface area contributed by atoms with E-state index in [9.17, 15) is 0 Å². The van der Waals surface area contributed by atoms with E-state index in [1.54, 1.807) is 5.20 Å². The van der Waals surface area contributed by atoms with Gasteiger partial charge in [0.25, 0.3) is 0 Å². The van der Waals surface area contributed by atoms with Gasteiger partial charge in [0.2, 0.25) is 0 Å². The molecule has 0 bridgehead atoms. The number of benzene rings is 3. The van der Waals surface area contributed by atoms with Crippen molar-refractivity contribution in [3.8, 4) is 0 Å². The molecule has 122 valence electrons. The van der Waals surface area contributed by atoms with Crippen molar-refractivity contribution >= 4 is 23.6 Å². The van der Waals surface area contributed by atoms with Crippen molar-refractivity contribution in [3.05, 3.63) is 114 Å². The molecule has 0 saturated carbocycles. The van der Waals surface area contributed by atoms with Gasteiger partial charge in [0.1, 0.15) is 0 Å². The molecule has 0 atom stereocenters. The van der Waals surface area contributed by atoms with Crippen molar-refractivity contribution in [1.29, 1.82) is 0 Å². The maximum atomic E-state index is 2.36. The molecule has 4 rings (SSSR count). The Balaban J connectivity index is 2.11. The summed E-state index contributed by atoms with van der Waals surface area (Å²) in [5, 5.41) is 6.00. The molecule has 0 heterocycles. The summed E-state index contributed by atoms with van der Waals surface area (Å²) in [6.45, 7) is 2.26. The van der Waals surface area contributed by atoms with Crippen molar-refractivity contribution in [2.45, 2.75) is 13.3 Å². The molecule has 0 nitrogen and oxygen atoms in total. The molecule has 0 N–H and O–H groups in total. The number of allylic oxidation sites excluding steroid dienone is 4. The van der Waals surface area contributed by atoms with Crippen molar-refractivity contribution in [2.24, 2.45) is 0 Å². The van der Waals surface area contributed by atoms with E-state index in [1.165, 1.54) is 21.1 Å². The van der Waals surface area contributed by atoms with Crippen molar-refractivity contribution in [1.82, 2.24) is 0 Å². The first-order valence-electron chi connectivity index (χ1n) is 8.87. The van der Waals surface area contributed by atoms with Crippen LogP contribution in [-0.2, 0) is 0 Å². The first-order valence-corrected chi connectivity index (χ1v) is 10.9. The summed E-state index contributed by atoms with van der Waals surface area (Å²) in [4.78, 5) is 0. The summed E-state index contributed by atoms with van der Waals surface area (Å²) >= 11 is 0. The lowest BCUT2D eigenvalue weighted by Crippen LogP contribution is -2.69. The van der Waals surface area contributed by atoms with Gasteiger partial charge in [-0.2, -0.15) is 0 Å². The lowest BCUT2D eigenvalue weighted by atomic mass is 10.2. The Morgan fingerprint density at radius 3 is 1.76 bits per heavy atom. The fourth-order valence-corrected chi connectivity index (χ4v) is 9.34. The third-order valence-corrected chi connectivity index (χ3v) is 10.3. The fourth-order valence-electron chi connectivity index (χ4n) is 4.12. The Labute approximate surface area is 151 Å². The van der Waals surface area contributed by atoms with Gasteiger partial charge in [-0.25, -0.2) is 0 Å². The number of hydrogen-bond donors (Lipinski definition) is 0. The van der Waals surface area contributed by atoms with E-state index < -0.39 is 8.07 Å². The van der Waals surface area contributed by atoms with E-state index in [-0.39, 0.29) is 0 Å². The van der Waals surface area contributed by atoms with Crippen LogP contribution < -0.4 is 15.6 Å². The standard InChI is InChI=1S/C24H22Si/c1-20-12-8-11-19-24(20)25(23-17-9-10-18-23,21-13-4-2-5-14-21)22-15-6-3-7-16-22/h2-17,19H,18H2,1H3. The van der Waals surface area contributed by atoms with E-state index in [1.807, 2.05) is 0 Å². The zero-order chi connectivity index (χ0) is 17.1. The Hall–Kier alpha value is -2.64. The molecular formula is C24H22Si. The highest BCUT2D eigenvalue weighted by Gasteiger charge is 2.43. The molecule has 1 aliphatic carbocycles. The SMILES string of the molecule is Cc1ccccc1[Si](C1=CC=CC1)(c1ccccc1)c1ccccc1. The molecule has 25 heavy (non-hydrogen) atoms. The summed E-state index contributed by atoms with van der Waals surface area (Å²) in [6.07, 6.45) is 7.92.